The van der Waals surface area contributed by atoms with E-state index in [2.05, 4.69) is 10.3 Å². The van der Waals surface area contributed by atoms with Gasteiger partial charge in [-0.25, -0.2) is 4.98 Å². The molecule has 0 aromatic carbocycles. The van der Waals surface area contributed by atoms with Crippen LogP contribution >= 0.6 is 11.6 Å². The molecule has 0 saturated heterocycles. The molecule has 0 aliphatic carbocycles. The van der Waals surface area contributed by atoms with E-state index in [1.165, 1.54) is 6.20 Å². The number of anilines is 1. The molecule has 6 heteroatoms. The van der Waals surface area contributed by atoms with Crippen LogP contribution in [-0.2, 0) is 4.74 Å². The minimum atomic E-state index is -0.147. The Morgan fingerprint density at radius 1 is 1.65 bits per heavy atom. The molecule has 0 unspecified atom stereocenters. The number of hydrogen-bond donors (Lipinski definition) is 1. The summed E-state index contributed by atoms with van der Waals surface area (Å²) >= 11 is 5.96. The summed E-state index contributed by atoms with van der Waals surface area (Å²) in [6.07, 6.45) is 1.46. The molecule has 0 atom stereocenters. The van der Waals surface area contributed by atoms with E-state index in [1.54, 1.807) is 32.2 Å². The van der Waals surface area contributed by atoms with Crippen molar-refractivity contribution >= 4 is 23.3 Å². The van der Waals surface area contributed by atoms with E-state index in [9.17, 15) is 4.79 Å². The van der Waals surface area contributed by atoms with Gasteiger partial charge in [0, 0.05) is 33.9 Å². The van der Waals surface area contributed by atoms with Gasteiger partial charge < -0.3 is 15.0 Å². The largest absolute Gasteiger partial charge is 0.383 e. The van der Waals surface area contributed by atoms with Gasteiger partial charge >= 0.3 is 0 Å². The van der Waals surface area contributed by atoms with Crippen LogP contribution in [0.4, 0.5) is 5.82 Å². The minimum Gasteiger partial charge on any atom is -0.383 e. The number of methoxy groups -OCH3 is 1. The number of amides is 1. The van der Waals surface area contributed by atoms with E-state index in [1.807, 2.05) is 0 Å². The maximum Gasteiger partial charge on any atom is 0.255 e. The summed E-state index contributed by atoms with van der Waals surface area (Å²) in [6, 6.07) is 1.63. The third-order valence-electron chi connectivity index (χ3n) is 2.32. The van der Waals surface area contributed by atoms with Crippen LogP contribution in [0.15, 0.2) is 12.3 Å². The summed E-state index contributed by atoms with van der Waals surface area (Å²) in [7, 11) is 5.03. The second-order valence-electron chi connectivity index (χ2n) is 3.52. The van der Waals surface area contributed by atoms with Gasteiger partial charge in [0.25, 0.3) is 5.91 Å². The Morgan fingerprint density at radius 2 is 2.35 bits per heavy atom. The van der Waals surface area contributed by atoms with Gasteiger partial charge in [-0.15, -0.1) is 0 Å². The summed E-state index contributed by atoms with van der Waals surface area (Å²) in [5.74, 6) is 0.462. The first-order chi connectivity index (χ1) is 8.10. The molecule has 5 nitrogen and oxygen atoms in total. The van der Waals surface area contributed by atoms with Gasteiger partial charge in [-0.2, -0.15) is 0 Å². The highest BCUT2D eigenvalue weighted by Gasteiger charge is 2.15. The highest BCUT2D eigenvalue weighted by molar-refractivity contribution is 6.33. The van der Waals surface area contributed by atoms with Crippen LogP contribution in [0.5, 0.6) is 0 Å². The summed E-state index contributed by atoms with van der Waals surface area (Å²) in [4.78, 5) is 17.7. The lowest BCUT2D eigenvalue weighted by molar-refractivity contribution is 0.0744. The quantitative estimate of drug-likeness (QED) is 0.869. The molecule has 1 amide bonds. The molecule has 1 heterocycles. The first-order valence-electron chi connectivity index (χ1n) is 5.17. The molecule has 1 N–H and O–H groups in total. The predicted octanol–water partition coefficient (Wildman–Crippen LogP) is 1.50. The van der Waals surface area contributed by atoms with Crippen molar-refractivity contribution in [3.05, 3.63) is 22.8 Å². The topological polar surface area (TPSA) is 54.5 Å². The monoisotopic (exact) mass is 257 g/mol. The molecule has 0 bridgehead atoms. The number of nitrogens with one attached hydrogen (secondary N) is 1. The summed E-state index contributed by atoms with van der Waals surface area (Å²) in [6.45, 7) is 1.01. The van der Waals surface area contributed by atoms with Crippen LogP contribution in [0.3, 0.4) is 0 Å². The summed E-state index contributed by atoms with van der Waals surface area (Å²) in [5.41, 5.74) is 0.435. The summed E-state index contributed by atoms with van der Waals surface area (Å²) < 4.78 is 4.92. The molecule has 1 aromatic heterocycles. The van der Waals surface area contributed by atoms with E-state index >= 15 is 0 Å². The van der Waals surface area contributed by atoms with Crippen molar-refractivity contribution in [1.29, 1.82) is 0 Å². The van der Waals surface area contributed by atoms with E-state index in [0.29, 0.717) is 29.6 Å². The Bertz CT molecular complexity index is 398. The highest BCUT2D eigenvalue weighted by Crippen LogP contribution is 2.19. The molecule has 94 valence electrons. The second kappa shape index (κ2) is 6.42. The van der Waals surface area contributed by atoms with Gasteiger partial charge in [-0.05, 0) is 6.07 Å². The highest BCUT2D eigenvalue weighted by atomic mass is 35.5. The number of rotatable bonds is 5. The smallest absolute Gasteiger partial charge is 0.255 e. The first-order valence-corrected chi connectivity index (χ1v) is 5.55. The molecule has 0 fully saturated rings. The second-order valence-corrected chi connectivity index (χ2v) is 3.93. The Balaban J connectivity index is 2.87. The van der Waals surface area contributed by atoms with Crippen LogP contribution in [0.1, 0.15) is 10.4 Å². The van der Waals surface area contributed by atoms with Crippen LogP contribution < -0.4 is 5.32 Å². The molecule has 1 aromatic rings. The minimum absolute atomic E-state index is 0.147. The van der Waals surface area contributed by atoms with Gasteiger partial charge in [-0.1, -0.05) is 11.6 Å². The number of halogens is 1. The van der Waals surface area contributed by atoms with Gasteiger partial charge in [0.05, 0.1) is 17.2 Å². The normalized spacial score (nSPS) is 10.1. The van der Waals surface area contributed by atoms with Crippen LogP contribution in [0.25, 0.3) is 0 Å². The average molecular weight is 258 g/mol. The van der Waals surface area contributed by atoms with Gasteiger partial charge in [-0.3, -0.25) is 4.79 Å². The van der Waals surface area contributed by atoms with Crippen molar-refractivity contribution in [2.24, 2.45) is 0 Å². The van der Waals surface area contributed by atoms with Gasteiger partial charge in [0.2, 0.25) is 0 Å². The maximum absolute atomic E-state index is 12.1. The Hall–Kier alpha value is -1.33. The standard InChI is InChI=1S/C11H16ClN3O2/c1-13-10-6-8(9(12)7-14-10)11(16)15(2)4-5-17-3/h6-7H,4-5H2,1-3H3,(H,13,14). The number of pyridine rings is 1. The van der Waals surface area contributed by atoms with Crippen molar-refractivity contribution in [3.8, 4) is 0 Å². The van der Waals surface area contributed by atoms with Gasteiger partial charge in [0.15, 0.2) is 0 Å². The fraction of sp³-hybridized carbons (Fsp3) is 0.455. The van der Waals surface area contributed by atoms with E-state index in [4.69, 9.17) is 16.3 Å². The van der Waals surface area contributed by atoms with Crippen LogP contribution in [-0.4, -0.2) is 50.1 Å². The lowest BCUT2D eigenvalue weighted by Gasteiger charge is -2.17. The lowest BCUT2D eigenvalue weighted by Crippen LogP contribution is -2.30. The molecule has 1 rings (SSSR count). The molecule has 17 heavy (non-hydrogen) atoms. The Labute approximate surface area is 106 Å². The average Bonchev–Trinajstić information content (AvgIpc) is 2.35. The predicted molar refractivity (Wildman–Crippen MR) is 67.6 cm³/mol. The number of nitrogens with zero attached hydrogens (tertiary/aromatic N) is 2. The fourth-order valence-electron chi connectivity index (χ4n) is 1.27. The van der Waals surface area contributed by atoms with Crippen molar-refractivity contribution < 1.29 is 9.53 Å². The lowest BCUT2D eigenvalue weighted by atomic mass is 10.2. The molecule has 0 radical (unpaired) electrons. The van der Waals surface area contributed by atoms with Crippen LogP contribution in [0, 0.1) is 0 Å². The third-order valence-corrected chi connectivity index (χ3v) is 2.62. The van der Waals surface area contributed by atoms with E-state index in [-0.39, 0.29) is 5.91 Å². The van der Waals surface area contributed by atoms with E-state index < -0.39 is 0 Å². The summed E-state index contributed by atoms with van der Waals surface area (Å²) in [5, 5.41) is 3.21. The van der Waals surface area contributed by atoms with Crippen molar-refractivity contribution in [1.82, 2.24) is 9.88 Å². The number of carbonyl (C=O) groups is 1. The molecule has 0 aliphatic rings. The maximum atomic E-state index is 12.1. The van der Waals surface area contributed by atoms with Crippen molar-refractivity contribution in [3.63, 3.8) is 0 Å². The zero-order valence-corrected chi connectivity index (χ0v) is 10.9. The molecular weight excluding hydrogens is 242 g/mol. The van der Waals surface area contributed by atoms with Crippen LogP contribution in [0.2, 0.25) is 5.02 Å². The fourth-order valence-corrected chi connectivity index (χ4v) is 1.46. The molecule has 0 aliphatic heterocycles. The number of ether oxygens (including phenoxy) is 1. The number of likely N-dealkylation sites (N-methyl/N-ethyl adjacent to an activating group) is 1. The number of hydrogen-bond acceptors (Lipinski definition) is 4. The SMILES string of the molecule is CNc1cc(C(=O)N(C)CCOC)c(Cl)cn1. The van der Waals surface area contributed by atoms with Crippen molar-refractivity contribution in [2.45, 2.75) is 0 Å². The Morgan fingerprint density at radius 3 is 2.94 bits per heavy atom. The zero-order chi connectivity index (χ0) is 12.8. The Kier molecular flexibility index (Phi) is 5.18. The molecular formula is C11H16ClN3O2. The molecule has 0 spiro atoms. The van der Waals surface area contributed by atoms with E-state index in [0.717, 1.165) is 0 Å². The molecule has 0 saturated carbocycles. The third kappa shape index (κ3) is 3.57. The first kappa shape index (κ1) is 13.7. The number of aromatic nitrogens is 1. The van der Waals surface area contributed by atoms with Crippen molar-refractivity contribution in [2.75, 3.05) is 39.7 Å². The number of carbonyl (C=O) groups excluding carboxylic acids is 1. The van der Waals surface area contributed by atoms with Gasteiger partial charge in [0.1, 0.15) is 5.82 Å². The zero-order valence-electron chi connectivity index (χ0n) is 10.2.